The van der Waals surface area contributed by atoms with Gasteiger partial charge in [-0.25, -0.2) is 0 Å². The molecule has 5 aliphatic rings. The number of nitrogens with one attached hydrogen (secondary N) is 8. The number of benzene rings is 1. The fourth-order valence-corrected chi connectivity index (χ4v) is 16.5. The van der Waals surface area contributed by atoms with Crippen LogP contribution in [-0.4, -0.2) is 415 Å². The van der Waals surface area contributed by atoms with E-state index in [1.54, 1.807) is 0 Å². The van der Waals surface area contributed by atoms with Crippen molar-refractivity contribution in [3.8, 4) is 0 Å². The van der Waals surface area contributed by atoms with E-state index in [-0.39, 0.29) is 181 Å². The molecule has 5 fully saturated rings. The summed E-state index contributed by atoms with van der Waals surface area (Å²) in [7, 11) is 0. The second kappa shape index (κ2) is 64.4. The maximum absolute atomic E-state index is 13.4. The number of anilines is 1. The number of hydrogen-bond donors (Lipinski definition) is 19. The highest BCUT2D eigenvalue weighted by Crippen LogP contribution is 2.49. The molecule has 44 nitrogen and oxygen atoms in total. The van der Waals surface area contributed by atoms with Gasteiger partial charge < -0.3 is 170 Å². The van der Waals surface area contributed by atoms with Gasteiger partial charge in [0.25, 0.3) is 11.8 Å². The number of likely N-dealkylation sites (tertiary alicyclic amines) is 2. The molecule has 19 N–H and O–H groups in total. The lowest BCUT2D eigenvalue weighted by molar-refractivity contribution is -0.272. The van der Waals surface area contributed by atoms with Crippen molar-refractivity contribution in [3.05, 3.63) is 29.3 Å². The van der Waals surface area contributed by atoms with Crippen LogP contribution in [0.2, 0.25) is 0 Å². The van der Waals surface area contributed by atoms with Gasteiger partial charge in [-0.3, -0.25) is 47.9 Å². The van der Waals surface area contributed by atoms with Crippen molar-refractivity contribution < 1.29 is 166 Å². The van der Waals surface area contributed by atoms with E-state index in [4.69, 9.17) is 61.6 Å². The fraction of sp³-hybridized carbons (Fsp3) is 0.826. The zero-order valence-electron chi connectivity index (χ0n) is 81.0. The number of hydrogen-bond acceptors (Lipinski definition) is 34. The molecule has 0 radical (unpaired) electrons. The fourth-order valence-electron chi connectivity index (χ4n) is 16.5. The minimum absolute atomic E-state index is 0.0128. The molecular weight excluding hydrogens is 1790 g/mol. The minimum Gasteiger partial charge on any atom is -0.396 e. The smallest absolute Gasteiger partial charge is 0.251 e. The Morgan fingerprint density at radius 3 is 0.926 bits per heavy atom. The number of unbranched alkanes of at least 4 members (excludes halogenated alkanes) is 10. The first-order valence-corrected chi connectivity index (χ1v) is 47.9. The molecule has 7 unspecified atom stereocenters. The van der Waals surface area contributed by atoms with Gasteiger partial charge in [-0.2, -0.15) is 0 Å². The van der Waals surface area contributed by atoms with E-state index in [9.17, 15) is 104 Å². The van der Waals surface area contributed by atoms with E-state index < -0.39 is 147 Å². The molecule has 5 saturated heterocycles. The third-order valence-corrected chi connectivity index (χ3v) is 25.7. The highest BCUT2D eigenvalue weighted by atomic mass is 16.7. The minimum atomic E-state index is -1.46. The van der Waals surface area contributed by atoms with Crippen molar-refractivity contribution in [1.82, 2.24) is 47.0 Å². The quantitative estimate of drug-likeness (QED) is 0.0315. The van der Waals surface area contributed by atoms with E-state index in [0.29, 0.717) is 84.9 Å². The summed E-state index contributed by atoms with van der Waals surface area (Å²) in [5.74, 6) is -3.20. The van der Waals surface area contributed by atoms with Crippen molar-refractivity contribution in [2.75, 3.05) is 203 Å². The first kappa shape index (κ1) is 119. The van der Waals surface area contributed by atoms with Gasteiger partial charge in [-0.1, -0.05) is 92.9 Å². The number of amides is 10. The monoisotopic (exact) mass is 1950 g/mol. The third kappa shape index (κ3) is 40.9. The number of ether oxygens (including phenoxy) is 13. The van der Waals surface area contributed by atoms with Gasteiger partial charge >= 0.3 is 0 Å². The molecule has 0 bridgehead atoms. The summed E-state index contributed by atoms with van der Waals surface area (Å²) in [4.78, 5) is 129. The molecule has 0 aromatic heterocycles. The van der Waals surface area contributed by atoms with E-state index in [1.807, 2.05) is 16.7 Å². The molecule has 1 aromatic rings. The average Bonchev–Trinajstić information content (AvgIpc) is 1.61. The maximum atomic E-state index is 13.4. The summed E-state index contributed by atoms with van der Waals surface area (Å²) in [5.41, 5.74) is -0.577. The van der Waals surface area contributed by atoms with Gasteiger partial charge in [-0.15, -0.1) is 0 Å². The summed E-state index contributed by atoms with van der Waals surface area (Å²) >= 11 is 0. The third-order valence-electron chi connectivity index (χ3n) is 25.7. The summed E-state index contributed by atoms with van der Waals surface area (Å²) in [5, 5.41) is 131. The molecule has 0 spiro atoms. The lowest BCUT2D eigenvalue weighted by Gasteiger charge is -2.42. The van der Waals surface area contributed by atoms with Crippen molar-refractivity contribution in [1.29, 1.82) is 0 Å². The van der Waals surface area contributed by atoms with Crippen LogP contribution >= 0.6 is 0 Å². The Hall–Kier alpha value is -7.04. The predicted octanol–water partition coefficient (Wildman–Crippen LogP) is -1.94. The van der Waals surface area contributed by atoms with Crippen LogP contribution in [0.5, 0.6) is 0 Å². The van der Waals surface area contributed by atoms with Gasteiger partial charge in [-0.05, 0) is 67.6 Å². The van der Waals surface area contributed by atoms with Gasteiger partial charge in [0.2, 0.25) is 47.3 Å². The molecular formula is C92H160N10O34. The van der Waals surface area contributed by atoms with Gasteiger partial charge in [0.1, 0.15) is 73.1 Å². The first-order valence-electron chi connectivity index (χ1n) is 47.9. The second-order valence-corrected chi connectivity index (χ2v) is 36.2. The highest BCUT2D eigenvalue weighted by Gasteiger charge is 2.54. The van der Waals surface area contributed by atoms with Crippen LogP contribution in [-0.2, 0) is 99.9 Å². The Bertz CT molecular complexity index is 3550. The zero-order chi connectivity index (χ0) is 100. The largest absolute Gasteiger partial charge is 0.396 e. The predicted molar refractivity (Wildman–Crippen MR) is 490 cm³/mol. The topological polar surface area (TPSA) is 616 Å². The Labute approximate surface area is 798 Å². The van der Waals surface area contributed by atoms with Crippen molar-refractivity contribution in [2.45, 2.75) is 270 Å². The molecule has 136 heavy (non-hydrogen) atoms. The molecule has 782 valence electrons. The van der Waals surface area contributed by atoms with Crippen LogP contribution in [0.1, 0.15) is 199 Å². The van der Waals surface area contributed by atoms with E-state index >= 15 is 0 Å². The SMILES string of the molecule is CCC1(C)CN(C(=O)CCCCCCCCC(=O)NCC(=O)Nc2cc(C(=O)NCCOCCOCCOC3O[C@@H](CO)[C@@H](O)[C@@H](O)[C@@H]3NC(C)=O)cc(C(=O)NCCOCCOCCOC3O[C@H](CO)[C@H](O)[C@H](O)[C@H]3NC(C)=O)c2)CC1(C)CO.CCC1(C)CN(C(=O)CCCCCCCCC(=O)NCCOCCOCCOCCOC2O[C@H](CO)[C@H](O)[C@H](O)[C@H]2NC(C)=O)CC1(C)CO. The normalized spacial score (nSPS) is 27.0. The maximum Gasteiger partial charge on any atom is 0.251 e. The van der Waals surface area contributed by atoms with Gasteiger partial charge in [0, 0.05) is 120 Å². The first-order chi connectivity index (χ1) is 65.0. The van der Waals surface area contributed by atoms with Crippen LogP contribution in [0.3, 0.4) is 0 Å². The molecule has 44 heteroatoms. The Kier molecular flexibility index (Phi) is 56.6. The van der Waals surface area contributed by atoms with Crippen LogP contribution in [0, 0.1) is 21.7 Å². The van der Waals surface area contributed by atoms with E-state index in [2.05, 4.69) is 77.2 Å². The number of nitrogens with zero attached hydrogens (tertiary/aromatic N) is 2. The van der Waals surface area contributed by atoms with Crippen LogP contribution < -0.4 is 42.5 Å². The lowest BCUT2D eigenvalue weighted by atomic mass is 9.67. The standard InChI is InChI=1S/C57H95N7O22.C35H65N3O12/c1-6-56(4)33-64(34-57(56,5)35-67)45(72)14-12-10-8-7-9-11-13-43(70)60-30-44(71)63-40-28-38(52(77)58-15-17-79-19-21-81-23-25-83-54-46(61-36(2)68)50(75)48(73)41(31-65)85-54)27-39(29-40)53(78)59-16-18-80-20-22-82-24-26-84-55-47(62-37(3)69)51(76)49(74)42(32-66)86-55;1-5-34(3)23-38(24-35(34,4)25-40)29(43)13-11-9-7-6-8-10-12-28(42)36-14-15-46-16-17-47-18-19-48-20-21-49-33-30(37-26(2)41)32(45)31(44)27(22-39)50-33/h27-29,41-42,46-51,54-55,65-67,73-76H,6-26,30-35H2,1-5H3,(H,58,77)(H,59,78)(H,60,70)(H,61,68)(H,62,69)(H,63,71);27,30-33,39-40,44-45H,5-25H2,1-4H3,(H,36,42)(H,37,41)/t41-,42+,46-,47+,48+,49-,50-,51+,54?,55?,56?,57?;27-,30-,31+,32-,33?,34?,35?/m.1/s1. The Balaban J connectivity index is 0.000000554. The number of aliphatic hydroxyl groups is 11. The number of aliphatic hydroxyl groups excluding tert-OH is 11. The summed E-state index contributed by atoms with van der Waals surface area (Å²) in [6, 6.07) is 0.902. The van der Waals surface area contributed by atoms with Crippen molar-refractivity contribution in [3.63, 3.8) is 0 Å². The van der Waals surface area contributed by atoms with Gasteiger partial charge in [0.05, 0.1) is 152 Å². The Morgan fingerprint density at radius 1 is 0.353 bits per heavy atom. The number of carbonyl (C=O) groups is 10. The van der Waals surface area contributed by atoms with Crippen molar-refractivity contribution in [2.24, 2.45) is 21.7 Å². The van der Waals surface area contributed by atoms with Gasteiger partial charge in [0.15, 0.2) is 18.9 Å². The van der Waals surface area contributed by atoms with Crippen LogP contribution in [0.4, 0.5) is 5.69 Å². The molecule has 19 atom stereocenters. The number of rotatable bonds is 66. The summed E-state index contributed by atoms with van der Waals surface area (Å²) in [6.07, 6.45) is -1.11. The Morgan fingerprint density at radius 2 is 0.632 bits per heavy atom. The molecule has 1 aromatic carbocycles. The molecule has 0 saturated carbocycles. The zero-order valence-corrected chi connectivity index (χ0v) is 81.0. The highest BCUT2D eigenvalue weighted by molar-refractivity contribution is 6.03. The molecule has 6 rings (SSSR count). The lowest BCUT2D eigenvalue weighted by Crippen LogP contribution is -2.64. The average molecular weight is 1950 g/mol. The van der Waals surface area contributed by atoms with E-state index in [0.717, 1.165) is 90.0 Å². The van der Waals surface area contributed by atoms with Crippen LogP contribution in [0.15, 0.2) is 18.2 Å². The molecule has 5 heterocycles. The van der Waals surface area contributed by atoms with Crippen molar-refractivity contribution >= 4 is 64.8 Å². The molecule has 0 aliphatic carbocycles. The molecule has 5 aliphatic heterocycles. The second-order valence-electron chi connectivity index (χ2n) is 36.2. The number of carbonyl (C=O) groups excluding carboxylic acids is 10. The summed E-state index contributed by atoms with van der Waals surface area (Å²) < 4.78 is 71.9. The van der Waals surface area contributed by atoms with E-state index in [1.165, 1.54) is 39.0 Å². The summed E-state index contributed by atoms with van der Waals surface area (Å²) in [6.45, 7) is 20.3. The molecule has 10 amide bonds. The van der Waals surface area contributed by atoms with Crippen LogP contribution in [0.25, 0.3) is 0 Å².